The van der Waals surface area contributed by atoms with Crippen molar-refractivity contribution < 1.29 is 23.1 Å². The number of alkyl halides is 3. The van der Waals surface area contributed by atoms with Gasteiger partial charge in [-0.1, -0.05) is 13.2 Å². The first-order valence-electron chi connectivity index (χ1n) is 2.80. The summed E-state index contributed by atoms with van der Waals surface area (Å²) in [5.74, 6) is -0.935. The van der Waals surface area contributed by atoms with Crippen LogP contribution >= 0.6 is 0 Å². The molecule has 1 N–H and O–H groups in total. The molecule has 5 heteroatoms. The molecule has 0 heterocycles. The summed E-state index contributed by atoms with van der Waals surface area (Å²) < 4.78 is 32.0. The van der Waals surface area contributed by atoms with Gasteiger partial charge in [0.15, 0.2) is 0 Å². The van der Waals surface area contributed by atoms with E-state index in [0.717, 1.165) is 0 Å². The molecule has 2 nitrogen and oxygen atoms in total. The average molecular weight is 182 g/mol. The third kappa shape index (κ3) is 15.9. The summed E-state index contributed by atoms with van der Waals surface area (Å²) in [4.78, 5) is 9.60. The van der Waals surface area contributed by atoms with Gasteiger partial charge in [0.05, 0.1) is 0 Å². The summed E-state index contributed by atoms with van der Waals surface area (Å²) in [6.45, 7) is 7.11. The summed E-state index contributed by atoms with van der Waals surface area (Å²) in [5, 5.41) is 7.89. The van der Waals surface area contributed by atoms with Crippen molar-refractivity contribution in [3.63, 3.8) is 0 Å². The van der Waals surface area contributed by atoms with Gasteiger partial charge in [-0.25, -0.2) is 4.79 Å². The van der Waals surface area contributed by atoms with E-state index in [4.69, 9.17) is 5.11 Å². The largest absolute Gasteiger partial charge is 0.478 e. The second kappa shape index (κ2) is 5.40. The Labute approximate surface area is 68.0 Å². The fraction of sp³-hybridized carbons (Fsp3) is 0.286. The zero-order chi connectivity index (χ0) is 10.4. The second-order valence-electron chi connectivity index (χ2n) is 1.83. The van der Waals surface area contributed by atoms with Gasteiger partial charge in [-0.15, -0.1) is 0 Å². The van der Waals surface area contributed by atoms with Crippen molar-refractivity contribution in [1.29, 1.82) is 0 Å². The molecular weight excluding hydrogens is 173 g/mol. The van der Waals surface area contributed by atoms with Crippen molar-refractivity contribution in [2.45, 2.75) is 13.1 Å². The molecule has 0 fully saturated rings. The van der Waals surface area contributed by atoms with Crippen LogP contribution in [0.25, 0.3) is 0 Å². The molecule has 0 saturated heterocycles. The van der Waals surface area contributed by atoms with Crippen molar-refractivity contribution >= 4 is 5.97 Å². The Kier molecular flexibility index (Phi) is 6.00. The van der Waals surface area contributed by atoms with Crippen LogP contribution in [0, 0.1) is 0 Å². The van der Waals surface area contributed by atoms with Crippen molar-refractivity contribution in [1.82, 2.24) is 0 Å². The molecule has 0 bridgehead atoms. The number of carbonyl (C=O) groups is 1. The van der Waals surface area contributed by atoms with Gasteiger partial charge in [0.25, 0.3) is 0 Å². The van der Waals surface area contributed by atoms with Crippen LogP contribution in [-0.4, -0.2) is 17.3 Å². The minimum Gasteiger partial charge on any atom is -0.478 e. The molecule has 70 valence electrons. The maximum absolute atomic E-state index is 10.7. The molecule has 12 heavy (non-hydrogen) atoms. The Morgan fingerprint density at radius 3 is 1.67 bits per heavy atom. The third-order valence-corrected chi connectivity index (χ3v) is 0.597. The van der Waals surface area contributed by atoms with Crippen molar-refractivity contribution in [3.05, 3.63) is 24.8 Å². The van der Waals surface area contributed by atoms with E-state index in [0.29, 0.717) is 0 Å². The molecule has 0 unspecified atom stereocenters. The standard InChI is InChI=1S/C4H6O2.C3H3F3/c1-3(2)4(5)6;1-2-3(4,5)6/h1H2,2H3,(H,5,6);2H,1H2. The summed E-state index contributed by atoms with van der Waals surface area (Å²) >= 11 is 0. The van der Waals surface area contributed by atoms with Crippen molar-refractivity contribution in [2.24, 2.45) is 0 Å². The van der Waals surface area contributed by atoms with Gasteiger partial charge < -0.3 is 5.11 Å². The highest BCUT2D eigenvalue weighted by atomic mass is 19.4. The number of hydrogen-bond acceptors (Lipinski definition) is 1. The van der Waals surface area contributed by atoms with Crippen LogP contribution in [0.15, 0.2) is 24.8 Å². The van der Waals surface area contributed by atoms with Gasteiger partial charge in [-0.2, -0.15) is 13.2 Å². The van der Waals surface area contributed by atoms with Crippen LogP contribution in [0.3, 0.4) is 0 Å². The Morgan fingerprint density at radius 2 is 1.67 bits per heavy atom. The van der Waals surface area contributed by atoms with E-state index in [2.05, 4.69) is 13.2 Å². The number of allylic oxidation sites excluding steroid dienone is 1. The first kappa shape index (κ1) is 13.3. The van der Waals surface area contributed by atoms with Crippen molar-refractivity contribution in [3.8, 4) is 0 Å². The zero-order valence-electron chi connectivity index (χ0n) is 6.48. The van der Waals surface area contributed by atoms with E-state index in [1.807, 2.05) is 0 Å². The van der Waals surface area contributed by atoms with E-state index < -0.39 is 12.1 Å². The van der Waals surface area contributed by atoms with Crippen molar-refractivity contribution in [2.75, 3.05) is 0 Å². The zero-order valence-corrected chi connectivity index (χ0v) is 6.48. The summed E-state index contributed by atoms with van der Waals surface area (Å²) in [6.07, 6.45) is -4.26. The molecule has 0 aliphatic rings. The predicted octanol–water partition coefficient (Wildman–Crippen LogP) is 2.38. The molecule has 0 amide bonds. The predicted molar refractivity (Wildman–Crippen MR) is 38.7 cm³/mol. The van der Waals surface area contributed by atoms with Gasteiger partial charge in [0.1, 0.15) is 0 Å². The van der Waals surface area contributed by atoms with E-state index in [-0.39, 0.29) is 11.6 Å². The van der Waals surface area contributed by atoms with E-state index in [9.17, 15) is 18.0 Å². The van der Waals surface area contributed by atoms with Crippen LogP contribution < -0.4 is 0 Å². The molecule has 0 aliphatic heterocycles. The Bertz CT molecular complexity index is 170. The minimum atomic E-state index is -4.19. The van der Waals surface area contributed by atoms with E-state index in [1.165, 1.54) is 6.92 Å². The lowest BCUT2D eigenvalue weighted by molar-refractivity contribution is -0.132. The van der Waals surface area contributed by atoms with E-state index >= 15 is 0 Å². The maximum Gasteiger partial charge on any atom is 0.409 e. The highest BCUT2D eigenvalue weighted by Gasteiger charge is 2.19. The first-order valence-corrected chi connectivity index (χ1v) is 2.80. The number of aliphatic carboxylic acids is 1. The Balaban J connectivity index is 0. The number of carboxylic acid groups (broad SMARTS) is 1. The monoisotopic (exact) mass is 182 g/mol. The number of hydrogen-bond donors (Lipinski definition) is 1. The molecular formula is C7H9F3O2. The van der Waals surface area contributed by atoms with Crippen LogP contribution in [0.1, 0.15) is 6.92 Å². The van der Waals surface area contributed by atoms with Crippen LogP contribution in [-0.2, 0) is 4.79 Å². The lowest BCUT2D eigenvalue weighted by Gasteiger charge is -1.91. The molecule has 0 rings (SSSR count). The maximum atomic E-state index is 10.7. The SMILES string of the molecule is C=C(C)C(=O)O.C=CC(F)(F)F. The van der Waals surface area contributed by atoms with Crippen LogP contribution in [0.4, 0.5) is 13.2 Å². The number of carboxylic acids is 1. The lowest BCUT2D eigenvalue weighted by atomic mass is 10.4. The summed E-state index contributed by atoms with van der Waals surface area (Å²) in [5.41, 5.74) is 0.176. The summed E-state index contributed by atoms with van der Waals surface area (Å²) in [7, 11) is 0. The molecule has 0 aromatic carbocycles. The fourth-order valence-electron chi connectivity index (χ4n) is 0. The fourth-order valence-corrected chi connectivity index (χ4v) is 0. The molecule has 0 radical (unpaired) electrons. The van der Waals surface area contributed by atoms with Crippen LogP contribution in [0.5, 0.6) is 0 Å². The number of halogens is 3. The molecule has 0 saturated carbocycles. The first-order chi connectivity index (χ1) is 5.20. The highest BCUT2D eigenvalue weighted by molar-refractivity contribution is 5.84. The smallest absolute Gasteiger partial charge is 0.409 e. The molecule has 0 aromatic rings. The topological polar surface area (TPSA) is 37.3 Å². The third-order valence-electron chi connectivity index (χ3n) is 0.597. The van der Waals surface area contributed by atoms with Gasteiger partial charge in [0.2, 0.25) is 0 Å². The van der Waals surface area contributed by atoms with Gasteiger partial charge in [-0.05, 0) is 6.92 Å². The second-order valence-corrected chi connectivity index (χ2v) is 1.83. The Hall–Kier alpha value is -1.26. The Morgan fingerprint density at radius 1 is 1.50 bits per heavy atom. The molecule has 0 spiro atoms. The van der Waals surface area contributed by atoms with Gasteiger partial charge in [0, 0.05) is 11.6 Å². The molecule has 0 aliphatic carbocycles. The molecule has 0 atom stereocenters. The van der Waals surface area contributed by atoms with Gasteiger partial charge in [-0.3, -0.25) is 0 Å². The van der Waals surface area contributed by atoms with Crippen LogP contribution in [0.2, 0.25) is 0 Å². The van der Waals surface area contributed by atoms with E-state index in [1.54, 1.807) is 0 Å². The quantitative estimate of drug-likeness (QED) is 0.499. The lowest BCUT2D eigenvalue weighted by Crippen LogP contribution is -1.98. The minimum absolute atomic E-state index is 0.0625. The van der Waals surface area contributed by atoms with Gasteiger partial charge >= 0.3 is 12.1 Å². The normalized spacial score (nSPS) is 9.33. The number of rotatable bonds is 1. The molecule has 0 aromatic heterocycles. The summed E-state index contributed by atoms with van der Waals surface area (Å²) in [6, 6.07) is 0. The average Bonchev–Trinajstić information content (AvgIpc) is 1.87. The highest BCUT2D eigenvalue weighted by Crippen LogP contribution is 2.13.